The minimum Gasteiger partial charge on any atom is -0.279 e. The summed E-state index contributed by atoms with van der Waals surface area (Å²) in [6.07, 6.45) is 0. The minimum absolute atomic E-state index is 0.172. The maximum Gasteiger partial charge on any atom is 0.329 e. The first kappa shape index (κ1) is 9.71. The number of aromatic nitrogens is 4. The Morgan fingerprint density at radius 2 is 1.76 bits per heavy atom. The molecule has 0 aliphatic heterocycles. The van der Waals surface area contributed by atoms with Crippen LogP contribution in [0.5, 0.6) is 0 Å². The highest BCUT2D eigenvalue weighted by Gasteiger charge is 2.08. The molecule has 6 nitrogen and oxygen atoms in total. The summed E-state index contributed by atoms with van der Waals surface area (Å²) >= 11 is 0. The van der Waals surface area contributed by atoms with Crippen LogP contribution in [0.1, 0.15) is 0 Å². The van der Waals surface area contributed by atoms with Crippen LogP contribution in [0, 0.1) is 0 Å². The number of rotatable bonds is 0. The van der Waals surface area contributed by atoms with E-state index >= 15 is 0 Å². The summed E-state index contributed by atoms with van der Waals surface area (Å²) in [7, 11) is 1.55. The largest absolute Gasteiger partial charge is 0.329 e. The monoisotopic (exact) mass is 228 g/mol. The van der Waals surface area contributed by atoms with Crippen LogP contribution >= 0.6 is 0 Å². The number of H-pyrrole nitrogens is 1. The Bertz CT molecular complexity index is 847. The smallest absolute Gasteiger partial charge is 0.279 e. The number of hydrogen-bond acceptors (Lipinski definition) is 4. The van der Waals surface area contributed by atoms with E-state index in [-0.39, 0.29) is 11.2 Å². The number of nitrogens with one attached hydrogen (secondary N) is 1. The van der Waals surface area contributed by atoms with Gasteiger partial charge in [0.05, 0.1) is 11.0 Å². The van der Waals surface area contributed by atoms with E-state index < -0.39 is 11.2 Å². The van der Waals surface area contributed by atoms with Crippen LogP contribution in [0.2, 0.25) is 0 Å². The van der Waals surface area contributed by atoms with E-state index in [2.05, 4.69) is 15.0 Å². The molecule has 0 fully saturated rings. The highest BCUT2D eigenvalue weighted by Crippen LogP contribution is 2.11. The van der Waals surface area contributed by atoms with Crippen molar-refractivity contribution in [3.05, 3.63) is 45.1 Å². The second-order valence-electron chi connectivity index (χ2n) is 3.70. The van der Waals surface area contributed by atoms with Crippen molar-refractivity contribution in [2.75, 3.05) is 0 Å². The van der Waals surface area contributed by atoms with Gasteiger partial charge in [0, 0.05) is 7.05 Å². The first-order valence-corrected chi connectivity index (χ1v) is 5.02. The molecule has 0 spiro atoms. The Morgan fingerprint density at radius 1 is 1.12 bits per heavy atom. The molecule has 0 radical (unpaired) electrons. The van der Waals surface area contributed by atoms with Crippen LogP contribution in [-0.4, -0.2) is 19.5 Å². The van der Waals surface area contributed by atoms with E-state index in [4.69, 9.17) is 0 Å². The van der Waals surface area contributed by atoms with Crippen LogP contribution in [0.25, 0.3) is 22.2 Å². The molecule has 0 aliphatic rings. The summed E-state index contributed by atoms with van der Waals surface area (Å²) in [5.41, 5.74) is 0.737. The van der Waals surface area contributed by atoms with Gasteiger partial charge in [-0.15, -0.1) is 0 Å². The number of fused-ring (bicyclic) bond motifs is 2. The average Bonchev–Trinajstić information content (AvgIpc) is 2.34. The fourth-order valence-electron chi connectivity index (χ4n) is 1.71. The SMILES string of the molecule is Cn1c(=O)[nH]c(=O)c2nc3ccccc3nc21. The third-order valence-corrected chi connectivity index (χ3v) is 2.61. The zero-order valence-electron chi connectivity index (χ0n) is 8.97. The first-order valence-electron chi connectivity index (χ1n) is 5.02. The van der Waals surface area contributed by atoms with Gasteiger partial charge in [0.15, 0.2) is 11.2 Å². The first-order chi connectivity index (χ1) is 8.16. The summed E-state index contributed by atoms with van der Waals surface area (Å²) in [5, 5.41) is 0. The lowest BCUT2D eigenvalue weighted by Gasteiger charge is -2.03. The van der Waals surface area contributed by atoms with Gasteiger partial charge in [-0.1, -0.05) is 12.1 Å². The highest BCUT2D eigenvalue weighted by molar-refractivity contribution is 5.83. The van der Waals surface area contributed by atoms with Gasteiger partial charge in [0.2, 0.25) is 0 Å². The maximum atomic E-state index is 11.6. The molecule has 6 heteroatoms. The third-order valence-electron chi connectivity index (χ3n) is 2.61. The predicted octanol–water partition coefficient (Wildman–Crippen LogP) is 0.170. The van der Waals surface area contributed by atoms with Crippen molar-refractivity contribution in [1.82, 2.24) is 19.5 Å². The molecule has 0 saturated heterocycles. The van der Waals surface area contributed by atoms with Crippen molar-refractivity contribution in [2.45, 2.75) is 0 Å². The minimum atomic E-state index is -0.513. The number of nitrogens with zero attached hydrogens (tertiary/aromatic N) is 3. The molecule has 3 aromatic rings. The van der Waals surface area contributed by atoms with Gasteiger partial charge in [-0.05, 0) is 12.1 Å². The van der Waals surface area contributed by atoms with E-state index in [0.29, 0.717) is 11.0 Å². The topological polar surface area (TPSA) is 80.6 Å². The van der Waals surface area contributed by atoms with E-state index in [1.807, 2.05) is 12.1 Å². The number of benzene rings is 1. The second kappa shape index (κ2) is 3.24. The Kier molecular flexibility index (Phi) is 1.85. The van der Waals surface area contributed by atoms with Gasteiger partial charge in [0.25, 0.3) is 5.56 Å². The van der Waals surface area contributed by atoms with Crippen LogP contribution in [0.4, 0.5) is 0 Å². The molecule has 1 N–H and O–H groups in total. The summed E-state index contributed by atoms with van der Waals surface area (Å²) in [4.78, 5) is 33.7. The van der Waals surface area contributed by atoms with Gasteiger partial charge in [-0.3, -0.25) is 14.3 Å². The molecule has 2 aromatic heterocycles. The maximum absolute atomic E-state index is 11.6. The Balaban J connectivity index is 2.65. The van der Waals surface area contributed by atoms with E-state index in [0.717, 1.165) is 0 Å². The molecule has 0 saturated carbocycles. The summed E-state index contributed by atoms with van der Waals surface area (Å²) in [6, 6.07) is 7.20. The molecule has 0 atom stereocenters. The number of aromatic amines is 1. The zero-order chi connectivity index (χ0) is 12.0. The Hall–Kier alpha value is -2.50. The van der Waals surface area contributed by atoms with Crippen LogP contribution < -0.4 is 11.2 Å². The molecule has 0 unspecified atom stereocenters. The molecule has 3 rings (SSSR count). The normalized spacial score (nSPS) is 11.1. The van der Waals surface area contributed by atoms with Gasteiger partial charge in [-0.2, -0.15) is 0 Å². The van der Waals surface area contributed by atoms with Crippen molar-refractivity contribution in [2.24, 2.45) is 7.05 Å². The number of para-hydroxylation sites is 2. The summed E-state index contributed by atoms with van der Waals surface area (Å²) < 4.78 is 1.27. The van der Waals surface area contributed by atoms with Crippen molar-refractivity contribution < 1.29 is 0 Å². The Morgan fingerprint density at radius 3 is 2.47 bits per heavy atom. The fourth-order valence-corrected chi connectivity index (χ4v) is 1.71. The quantitative estimate of drug-likeness (QED) is 0.556. The van der Waals surface area contributed by atoms with Gasteiger partial charge in [-0.25, -0.2) is 14.8 Å². The van der Waals surface area contributed by atoms with Crippen LogP contribution in [0.15, 0.2) is 33.9 Å². The fraction of sp³-hybridized carbons (Fsp3) is 0.0909. The predicted molar refractivity (Wildman–Crippen MR) is 62.9 cm³/mol. The van der Waals surface area contributed by atoms with Crippen LogP contribution in [0.3, 0.4) is 0 Å². The van der Waals surface area contributed by atoms with Crippen molar-refractivity contribution >= 4 is 22.2 Å². The standard InChI is InChI=1S/C11H8N4O2/c1-15-9-8(10(16)14-11(15)17)12-6-4-2-3-5-7(6)13-9/h2-5H,1H3,(H,14,16,17). The number of hydrogen-bond donors (Lipinski definition) is 1. The summed E-state index contributed by atoms with van der Waals surface area (Å²) in [6.45, 7) is 0. The van der Waals surface area contributed by atoms with Crippen molar-refractivity contribution in [1.29, 1.82) is 0 Å². The lowest BCUT2D eigenvalue weighted by atomic mass is 10.3. The molecule has 1 aromatic carbocycles. The summed E-state index contributed by atoms with van der Waals surface area (Å²) in [5.74, 6) is 0. The lowest BCUT2D eigenvalue weighted by molar-refractivity contribution is 0.827. The van der Waals surface area contributed by atoms with Gasteiger partial charge >= 0.3 is 5.69 Å². The Labute approximate surface area is 94.6 Å². The molecular formula is C11H8N4O2. The molecule has 0 amide bonds. The van der Waals surface area contributed by atoms with E-state index in [9.17, 15) is 9.59 Å². The van der Waals surface area contributed by atoms with Gasteiger partial charge in [0.1, 0.15) is 0 Å². The zero-order valence-corrected chi connectivity index (χ0v) is 8.97. The molecule has 0 bridgehead atoms. The molecule has 0 aliphatic carbocycles. The van der Waals surface area contributed by atoms with E-state index in [1.165, 1.54) is 4.57 Å². The third kappa shape index (κ3) is 1.34. The second-order valence-corrected chi connectivity index (χ2v) is 3.70. The molecule has 2 heterocycles. The molecular weight excluding hydrogens is 220 g/mol. The van der Waals surface area contributed by atoms with E-state index in [1.54, 1.807) is 19.2 Å². The molecule has 84 valence electrons. The van der Waals surface area contributed by atoms with Gasteiger partial charge < -0.3 is 0 Å². The average molecular weight is 228 g/mol. The van der Waals surface area contributed by atoms with Crippen molar-refractivity contribution in [3.8, 4) is 0 Å². The van der Waals surface area contributed by atoms with Crippen LogP contribution in [-0.2, 0) is 7.05 Å². The van der Waals surface area contributed by atoms with Crippen molar-refractivity contribution in [3.63, 3.8) is 0 Å². The lowest BCUT2D eigenvalue weighted by Crippen LogP contribution is -2.29. The highest BCUT2D eigenvalue weighted by atomic mass is 16.2. The molecule has 17 heavy (non-hydrogen) atoms. The number of aryl methyl sites for hydroxylation is 1.